The quantitative estimate of drug-likeness (QED) is 0.427. The minimum absolute atomic E-state index is 0.153. The van der Waals surface area contributed by atoms with Crippen molar-refractivity contribution in [2.24, 2.45) is 16.0 Å². The van der Waals surface area contributed by atoms with E-state index < -0.39 is 23.5 Å². The number of allylic oxidation sites excluding steroid dienone is 1. The summed E-state index contributed by atoms with van der Waals surface area (Å²) in [5, 5.41) is 6.19. The number of anilines is 1. The summed E-state index contributed by atoms with van der Waals surface area (Å²) in [5.41, 5.74) is 1.94. The maximum Gasteiger partial charge on any atom is 0.338 e. The number of hydrogen-bond acceptors (Lipinski definition) is 8. The SMILES string of the molecule is CCOC(=O)C1=C(C)N=c2s/c(=C\[C@H]3C(=O)N(c4ccccc4)N=C3C)c(=O)n2[C@@H]1c1cc(Cl)ccc1OC. The maximum absolute atomic E-state index is 13.9. The standard InChI is InChI=1S/C28H25ClN4O5S/c1-5-38-27(36)23-16(3)30-28-32(24(23)20-13-17(29)11-12-21(20)37-4)26(35)22(39-28)14-19-15(2)31-33(25(19)34)18-9-7-6-8-10-18/h6-14,19,24H,5H2,1-4H3/b22-14-/t19-,24-/m1/s1. The van der Waals surface area contributed by atoms with Gasteiger partial charge in [-0.1, -0.05) is 41.1 Å². The lowest BCUT2D eigenvalue weighted by Crippen LogP contribution is -2.40. The van der Waals surface area contributed by atoms with E-state index in [1.54, 1.807) is 57.2 Å². The summed E-state index contributed by atoms with van der Waals surface area (Å²) in [6, 6.07) is 13.2. The zero-order chi connectivity index (χ0) is 27.8. The number of aromatic nitrogens is 1. The summed E-state index contributed by atoms with van der Waals surface area (Å²) < 4.78 is 12.7. The van der Waals surface area contributed by atoms with Crippen LogP contribution in [0.25, 0.3) is 6.08 Å². The molecule has 1 aromatic heterocycles. The van der Waals surface area contributed by atoms with E-state index >= 15 is 0 Å². The molecule has 3 heterocycles. The molecule has 11 heteroatoms. The van der Waals surface area contributed by atoms with Gasteiger partial charge in [-0.05, 0) is 57.2 Å². The fourth-order valence-electron chi connectivity index (χ4n) is 4.70. The van der Waals surface area contributed by atoms with Gasteiger partial charge in [0, 0.05) is 10.6 Å². The van der Waals surface area contributed by atoms with Crippen LogP contribution in [0.5, 0.6) is 5.75 Å². The Morgan fingerprint density at radius 3 is 2.59 bits per heavy atom. The molecule has 0 saturated heterocycles. The molecule has 200 valence electrons. The molecule has 1 amide bonds. The van der Waals surface area contributed by atoms with Crippen molar-refractivity contribution in [1.29, 1.82) is 0 Å². The number of methoxy groups -OCH3 is 1. The van der Waals surface area contributed by atoms with Crippen LogP contribution in [0.15, 0.2) is 74.7 Å². The van der Waals surface area contributed by atoms with Gasteiger partial charge < -0.3 is 9.47 Å². The highest BCUT2D eigenvalue weighted by molar-refractivity contribution is 7.07. The number of carbonyl (C=O) groups excluding carboxylic acids is 2. The van der Waals surface area contributed by atoms with E-state index in [0.29, 0.717) is 42.8 Å². The molecule has 0 aliphatic carbocycles. The highest BCUT2D eigenvalue weighted by atomic mass is 35.5. The molecule has 39 heavy (non-hydrogen) atoms. The van der Waals surface area contributed by atoms with Gasteiger partial charge in [-0.3, -0.25) is 14.2 Å². The molecule has 0 bridgehead atoms. The largest absolute Gasteiger partial charge is 0.496 e. The second-order valence-corrected chi connectivity index (χ2v) is 10.4. The van der Waals surface area contributed by atoms with Crippen LogP contribution in [0.1, 0.15) is 32.4 Å². The average Bonchev–Trinajstić information content (AvgIpc) is 3.38. The average molecular weight is 565 g/mol. The van der Waals surface area contributed by atoms with Gasteiger partial charge in [-0.25, -0.2) is 9.79 Å². The van der Waals surface area contributed by atoms with E-state index in [4.69, 9.17) is 21.1 Å². The molecule has 2 atom stereocenters. The van der Waals surface area contributed by atoms with Crippen LogP contribution in [0, 0.1) is 5.92 Å². The molecule has 2 aliphatic heterocycles. The van der Waals surface area contributed by atoms with E-state index in [2.05, 4.69) is 10.1 Å². The van der Waals surface area contributed by atoms with Crippen LogP contribution in [0.4, 0.5) is 5.69 Å². The van der Waals surface area contributed by atoms with Crippen molar-refractivity contribution >= 4 is 52.3 Å². The number of rotatable bonds is 6. The Balaban J connectivity index is 1.67. The van der Waals surface area contributed by atoms with Crippen molar-refractivity contribution in [3.05, 3.63) is 90.1 Å². The smallest absolute Gasteiger partial charge is 0.338 e. The summed E-state index contributed by atoms with van der Waals surface area (Å²) in [5.74, 6) is -1.13. The Kier molecular flexibility index (Phi) is 7.24. The second kappa shape index (κ2) is 10.6. The zero-order valence-corrected chi connectivity index (χ0v) is 23.2. The topological polar surface area (TPSA) is 103 Å². The molecule has 9 nitrogen and oxygen atoms in total. The van der Waals surface area contributed by atoms with Crippen LogP contribution in [-0.2, 0) is 14.3 Å². The molecule has 5 rings (SSSR count). The van der Waals surface area contributed by atoms with E-state index in [9.17, 15) is 14.4 Å². The molecule has 3 aromatic rings. The van der Waals surface area contributed by atoms with E-state index in [0.717, 1.165) is 11.3 Å². The van der Waals surface area contributed by atoms with Crippen LogP contribution in [-0.4, -0.2) is 35.9 Å². The fraction of sp³-hybridized carbons (Fsp3) is 0.250. The number of thiazole rings is 1. The zero-order valence-electron chi connectivity index (χ0n) is 21.7. The van der Waals surface area contributed by atoms with Gasteiger partial charge in [0.2, 0.25) is 0 Å². The van der Waals surface area contributed by atoms with Crippen LogP contribution < -0.4 is 24.6 Å². The second-order valence-electron chi connectivity index (χ2n) is 8.92. The van der Waals surface area contributed by atoms with Crippen molar-refractivity contribution in [1.82, 2.24) is 4.57 Å². The number of hydrogen-bond donors (Lipinski definition) is 0. The Morgan fingerprint density at radius 2 is 1.90 bits per heavy atom. The normalized spacial score (nSPS) is 19.1. The summed E-state index contributed by atoms with van der Waals surface area (Å²) in [6.07, 6.45) is 1.61. The molecule has 0 saturated carbocycles. The van der Waals surface area contributed by atoms with Gasteiger partial charge in [-0.2, -0.15) is 10.1 Å². The molecule has 0 radical (unpaired) electrons. The van der Waals surface area contributed by atoms with E-state index in [1.807, 2.05) is 18.2 Å². The van der Waals surface area contributed by atoms with Crippen LogP contribution in [0.2, 0.25) is 5.02 Å². The lowest BCUT2D eigenvalue weighted by Gasteiger charge is -2.26. The number of nitrogens with zero attached hydrogens (tertiary/aromatic N) is 4. The Morgan fingerprint density at radius 1 is 1.15 bits per heavy atom. The van der Waals surface area contributed by atoms with Crippen LogP contribution in [0.3, 0.4) is 0 Å². The summed E-state index contributed by atoms with van der Waals surface area (Å²) in [7, 11) is 1.50. The van der Waals surface area contributed by atoms with Gasteiger partial charge >= 0.3 is 5.97 Å². The number of amides is 1. The summed E-state index contributed by atoms with van der Waals surface area (Å²) in [4.78, 5) is 45.3. The number of carbonyl (C=O) groups is 2. The van der Waals surface area contributed by atoms with Gasteiger partial charge in [0.05, 0.1) is 40.9 Å². The Bertz CT molecular complexity index is 1720. The molecule has 0 unspecified atom stereocenters. The maximum atomic E-state index is 13.9. The minimum Gasteiger partial charge on any atom is -0.496 e. The lowest BCUT2D eigenvalue weighted by molar-refractivity contribution is -0.139. The predicted molar refractivity (Wildman–Crippen MR) is 150 cm³/mol. The first-order chi connectivity index (χ1) is 18.7. The third-order valence-electron chi connectivity index (χ3n) is 6.50. The molecular formula is C28H25ClN4O5S. The molecular weight excluding hydrogens is 540 g/mol. The molecule has 0 fully saturated rings. The van der Waals surface area contributed by atoms with E-state index in [1.165, 1.54) is 16.7 Å². The first-order valence-electron chi connectivity index (χ1n) is 12.2. The number of para-hydroxylation sites is 1. The van der Waals surface area contributed by atoms with Gasteiger partial charge in [0.1, 0.15) is 17.7 Å². The fourth-order valence-corrected chi connectivity index (χ4v) is 5.93. The summed E-state index contributed by atoms with van der Waals surface area (Å²) in [6.45, 7) is 5.31. The van der Waals surface area contributed by atoms with Crippen molar-refractivity contribution in [3.63, 3.8) is 0 Å². The number of fused-ring (bicyclic) bond motifs is 1. The lowest BCUT2D eigenvalue weighted by atomic mass is 9.95. The van der Waals surface area contributed by atoms with Gasteiger partial charge in [0.25, 0.3) is 11.5 Å². The predicted octanol–water partition coefficient (Wildman–Crippen LogP) is 3.45. The number of hydrazone groups is 1. The van der Waals surface area contributed by atoms with Gasteiger partial charge in [0.15, 0.2) is 4.80 Å². The summed E-state index contributed by atoms with van der Waals surface area (Å²) >= 11 is 7.48. The highest BCUT2D eigenvalue weighted by Gasteiger charge is 2.37. The number of halogens is 1. The van der Waals surface area contributed by atoms with Crippen LogP contribution >= 0.6 is 22.9 Å². The van der Waals surface area contributed by atoms with Crippen molar-refractivity contribution in [2.45, 2.75) is 26.8 Å². The molecule has 2 aromatic carbocycles. The van der Waals surface area contributed by atoms with Crippen molar-refractivity contribution in [3.8, 4) is 5.75 Å². The molecule has 0 N–H and O–H groups in total. The highest BCUT2D eigenvalue weighted by Crippen LogP contribution is 2.37. The molecule has 0 spiro atoms. The Labute approximate surface area is 233 Å². The minimum atomic E-state index is -0.897. The van der Waals surface area contributed by atoms with Crippen molar-refractivity contribution in [2.75, 3.05) is 18.7 Å². The Hall–Kier alpha value is -4.02. The van der Waals surface area contributed by atoms with Crippen molar-refractivity contribution < 1.29 is 19.1 Å². The van der Waals surface area contributed by atoms with E-state index in [-0.39, 0.29) is 18.1 Å². The monoisotopic (exact) mass is 564 g/mol. The third-order valence-corrected chi connectivity index (χ3v) is 7.74. The third kappa shape index (κ3) is 4.70. The number of ether oxygens (including phenoxy) is 2. The number of benzene rings is 2. The first-order valence-corrected chi connectivity index (χ1v) is 13.4. The van der Waals surface area contributed by atoms with Gasteiger partial charge in [-0.15, -0.1) is 0 Å². The first kappa shape index (κ1) is 26.6. The molecule has 2 aliphatic rings. The number of esters is 1.